The molecule has 1 heterocycles. The van der Waals surface area contributed by atoms with Gasteiger partial charge in [-0.25, -0.2) is 4.99 Å². The monoisotopic (exact) mass is 676 g/mol. The average Bonchev–Trinajstić information content (AvgIpc) is 3.30. The van der Waals surface area contributed by atoms with E-state index in [2.05, 4.69) is 6.58 Å². The van der Waals surface area contributed by atoms with Crippen molar-refractivity contribution in [3.8, 4) is 11.5 Å². The Morgan fingerprint density at radius 3 is 2.31 bits per heavy atom. The molecule has 0 aliphatic carbocycles. The number of hydrogen-bond donors (Lipinski definition) is 0. The molecule has 0 N–H and O–H groups in total. The fraction of sp³-hybridized carbons (Fsp3) is 0.167. The third kappa shape index (κ3) is 7.59. The summed E-state index contributed by atoms with van der Waals surface area (Å²) in [6.45, 7) is 10.4. The largest absolute Gasteiger partial charge is 0.490 e. The number of halogens is 3. The molecule has 0 radical (unpaired) electrons. The summed E-state index contributed by atoms with van der Waals surface area (Å²) in [6.07, 6.45) is 4.18. The Morgan fingerprint density at radius 2 is 1.62 bits per heavy atom. The first-order valence-corrected chi connectivity index (χ1v) is 16.2. The smallest absolute Gasteiger partial charge is 0.271 e. The Bertz CT molecular complexity index is 1840. The maximum Gasteiger partial charge on any atom is 0.271 e. The molecule has 45 heavy (non-hydrogen) atoms. The lowest BCUT2D eigenvalue weighted by atomic mass is 10.0. The van der Waals surface area contributed by atoms with Crippen LogP contribution in [-0.2, 0) is 17.8 Å². The highest BCUT2D eigenvalue weighted by atomic mass is 35.5. The van der Waals surface area contributed by atoms with E-state index < -0.39 is 0 Å². The van der Waals surface area contributed by atoms with Crippen molar-refractivity contribution in [1.29, 1.82) is 0 Å². The molecule has 1 aliphatic rings. The highest BCUT2D eigenvalue weighted by molar-refractivity contribution is 8.19. The highest BCUT2D eigenvalue weighted by Gasteiger charge is 2.35. The lowest BCUT2D eigenvalue weighted by Gasteiger charge is -2.17. The molecule has 1 saturated heterocycles. The zero-order valence-electron chi connectivity index (χ0n) is 25.1. The summed E-state index contributed by atoms with van der Waals surface area (Å²) in [5.41, 5.74) is 5.62. The number of anilines is 1. The van der Waals surface area contributed by atoms with E-state index in [4.69, 9.17) is 49.3 Å². The second-order valence-electron chi connectivity index (χ2n) is 10.3. The number of amidine groups is 1. The van der Waals surface area contributed by atoms with Gasteiger partial charge in [0.1, 0.15) is 6.61 Å². The van der Waals surface area contributed by atoms with Gasteiger partial charge < -0.3 is 9.47 Å². The number of carbonyl (C=O) groups is 1. The number of benzene rings is 4. The number of aliphatic imine (C=N–C) groups is 1. The summed E-state index contributed by atoms with van der Waals surface area (Å²) in [4.78, 5) is 20.9. The molecule has 5 nitrogen and oxygen atoms in total. The standard InChI is InChI=1S/C36H31Cl3N2O3S/c1-5-9-25-16-24(17-32(43-6-2)34(25)44-21-26-10-7-8-11-29(26)37)18-33-35(42)41(28-15-13-23(4)31(39)20-28)36(45-33)40-27-14-12-22(3)30(38)19-27/h5,7-8,10-20H,1,6,9,21H2,2-4H3/b33-18+,40-36?. The van der Waals surface area contributed by atoms with Crippen molar-refractivity contribution >= 4 is 75.1 Å². The molecule has 0 saturated carbocycles. The minimum Gasteiger partial charge on any atom is -0.490 e. The molecule has 1 aliphatic heterocycles. The van der Waals surface area contributed by atoms with Gasteiger partial charge in [-0.3, -0.25) is 9.69 Å². The maximum absolute atomic E-state index is 14.0. The average molecular weight is 678 g/mol. The van der Waals surface area contributed by atoms with Gasteiger partial charge in [0.05, 0.1) is 22.9 Å². The molecular formula is C36H31Cl3N2O3S. The quantitative estimate of drug-likeness (QED) is 0.124. The summed E-state index contributed by atoms with van der Waals surface area (Å²) in [7, 11) is 0. The number of carbonyl (C=O) groups excluding carboxylic acids is 1. The van der Waals surface area contributed by atoms with Crippen LogP contribution in [0.4, 0.5) is 11.4 Å². The van der Waals surface area contributed by atoms with Crippen LogP contribution in [0.1, 0.15) is 34.7 Å². The van der Waals surface area contributed by atoms with E-state index >= 15 is 0 Å². The number of allylic oxidation sites excluding steroid dienone is 1. The number of nitrogens with zero attached hydrogens (tertiary/aromatic N) is 2. The normalized spacial score (nSPS) is 14.8. The van der Waals surface area contributed by atoms with Crippen LogP contribution < -0.4 is 14.4 Å². The molecule has 0 spiro atoms. The minimum absolute atomic E-state index is 0.223. The Hall–Kier alpha value is -3.68. The van der Waals surface area contributed by atoms with Crippen LogP contribution in [0.3, 0.4) is 0 Å². The Balaban J connectivity index is 1.56. The van der Waals surface area contributed by atoms with Crippen molar-refractivity contribution in [2.75, 3.05) is 11.5 Å². The van der Waals surface area contributed by atoms with E-state index in [0.717, 1.165) is 27.8 Å². The zero-order chi connectivity index (χ0) is 32.1. The van der Waals surface area contributed by atoms with E-state index in [-0.39, 0.29) is 12.5 Å². The van der Waals surface area contributed by atoms with Crippen LogP contribution in [0.2, 0.25) is 15.1 Å². The molecule has 5 rings (SSSR count). The van der Waals surface area contributed by atoms with Crippen molar-refractivity contribution in [3.05, 3.63) is 133 Å². The summed E-state index contributed by atoms with van der Waals surface area (Å²) < 4.78 is 12.3. The SMILES string of the molecule is C=CCc1cc(/C=C2/SC(=Nc3ccc(C)c(Cl)c3)N(c3ccc(C)c(Cl)c3)C2=O)cc(OCC)c1OCc1ccccc1Cl. The molecule has 9 heteroatoms. The van der Waals surface area contributed by atoms with Crippen molar-refractivity contribution in [3.63, 3.8) is 0 Å². The van der Waals surface area contributed by atoms with Crippen LogP contribution in [0.15, 0.2) is 95.3 Å². The molecule has 0 atom stereocenters. The van der Waals surface area contributed by atoms with Gasteiger partial charge in [0.15, 0.2) is 16.7 Å². The molecule has 4 aromatic carbocycles. The van der Waals surface area contributed by atoms with Crippen LogP contribution in [0.5, 0.6) is 11.5 Å². The molecule has 230 valence electrons. The fourth-order valence-corrected chi connectivity index (χ4v) is 6.22. The molecule has 0 aromatic heterocycles. The van der Waals surface area contributed by atoms with Crippen molar-refractivity contribution in [2.24, 2.45) is 4.99 Å². The maximum atomic E-state index is 14.0. The van der Waals surface area contributed by atoms with Crippen molar-refractivity contribution < 1.29 is 14.3 Å². The van der Waals surface area contributed by atoms with Gasteiger partial charge in [-0.1, -0.05) is 71.2 Å². The van der Waals surface area contributed by atoms with Gasteiger partial charge >= 0.3 is 0 Å². The van der Waals surface area contributed by atoms with E-state index in [1.54, 1.807) is 23.1 Å². The third-order valence-electron chi connectivity index (χ3n) is 7.05. The second-order valence-corrected chi connectivity index (χ2v) is 12.6. The Kier molecular flexibility index (Phi) is 10.6. The summed E-state index contributed by atoms with van der Waals surface area (Å²) >= 11 is 20.5. The van der Waals surface area contributed by atoms with Crippen LogP contribution in [0, 0.1) is 13.8 Å². The summed E-state index contributed by atoms with van der Waals surface area (Å²) in [5.74, 6) is 0.953. The van der Waals surface area contributed by atoms with Gasteiger partial charge in [0.2, 0.25) is 0 Å². The fourth-order valence-electron chi connectivity index (χ4n) is 4.68. The predicted molar refractivity (Wildman–Crippen MR) is 190 cm³/mol. The first kappa shape index (κ1) is 32.7. The Morgan fingerprint density at radius 1 is 0.889 bits per heavy atom. The summed E-state index contributed by atoms with van der Waals surface area (Å²) in [5, 5.41) is 2.27. The number of hydrogen-bond acceptors (Lipinski definition) is 5. The number of aryl methyl sites for hydroxylation is 2. The number of ether oxygens (including phenoxy) is 2. The number of amides is 1. The Labute approximate surface area is 283 Å². The molecular weight excluding hydrogens is 647 g/mol. The lowest BCUT2D eigenvalue weighted by Crippen LogP contribution is -2.28. The molecule has 1 amide bonds. The first-order valence-electron chi connectivity index (χ1n) is 14.3. The van der Waals surface area contributed by atoms with Crippen LogP contribution in [-0.4, -0.2) is 17.7 Å². The molecule has 0 bridgehead atoms. The second kappa shape index (κ2) is 14.6. The van der Waals surface area contributed by atoms with Crippen LogP contribution in [0.25, 0.3) is 6.08 Å². The predicted octanol–water partition coefficient (Wildman–Crippen LogP) is 10.8. The summed E-state index contributed by atoms with van der Waals surface area (Å²) in [6, 6.07) is 22.5. The molecule has 4 aromatic rings. The highest BCUT2D eigenvalue weighted by Crippen LogP contribution is 2.41. The van der Waals surface area contributed by atoms with E-state index in [1.165, 1.54) is 11.8 Å². The van der Waals surface area contributed by atoms with Crippen LogP contribution >= 0.6 is 46.6 Å². The van der Waals surface area contributed by atoms with Gasteiger partial charge in [-0.05, 0) is 104 Å². The third-order valence-corrected chi connectivity index (χ3v) is 9.20. The van der Waals surface area contributed by atoms with Crippen molar-refractivity contribution in [2.45, 2.75) is 33.8 Å². The van der Waals surface area contributed by atoms with Gasteiger partial charge in [0, 0.05) is 26.2 Å². The molecule has 1 fully saturated rings. The topological polar surface area (TPSA) is 51.1 Å². The van der Waals surface area contributed by atoms with E-state index in [0.29, 0.717) is 61.0 Å². The van der Waals surface area contributed by atoms with Gasteiger partial charge in [-0.2, -0.15) is 0 Å². The zero-order valence-corrected chi connectivity index (χ0v) is 28.2. The van der Waals surface area contributed by atoms with Gasteiger partial charge in [-0.15, -0.1) is 6.58 Å². The van der Waals surface area contributed by atoms with E-state index in [9.17, 15) is 4.79 Å². The molecule has 0 unspecified atom stereocenters. The number of thioether (sulfide) groups is 1. The first-order chi connectivity index (χ1) is 21.7. The van der Waals surface area contributed by atoms with E-state index in [1.807, 2.05) is 87.5 Å². The van der Waals surface area contributed by atoms with Gasteiger partial charge in [0.25, 0.3) is 5.91 Å². The lowest BCUT2D eigenvalue weighted by molar-refractivity contribution is -0.113. The minimum atomic E-state index is -0.223. The van der Waals surface area contributed by atoms with Crippen molar-refractivity contribution in [1.82, 2.24) is 0 Å². The number of rotatable bonds is 10.